The van der Waals surface area contributed by atoms with E-state index in [2.05, 4.69) is 47.8 Å². The van der Waals surface area contributed by atoms with Gasteiger partial charge in [0.05, 0.1) is 0 Å². The summed E-state index contributed by atoms with van der Waals surface area (Å²) in [6, 6.07) is 22.2. The number of carbonyl (C=O) groups excluding carboxylic acids is 1. The number of hydrogen-bond donors (Lipinski definition) is 1. The van der Waals surface area contributed by atoms with E-state index >= 15 is 0 Å². The summed E-state index contributed by atoms with van der Waals surface area (Å²) < 4.78 is 0. The first kappa shape index (κ1) is 18.5. The molecule has 0 aromatic heterocycles. The quantitative estimate of drug-likeness (QED) is 0.529. The first-order chi connectivity index (χ1) is 13.7. The van der Waals surface area contributed by atoms with Crippen molar-refractivity contribution in [3.05, 3.63) is 94.5 Å². The summed E-state index contributed by atoms with van der Waals surface area (Å²) in [6.07, 6.45) is 7.70. The molecule has 1 amide bonds. The number of anilines is 1. The van der Waals surface area contributed by atoms with Crippen LogP contribution in [0.2, 0.25) is 5.02 Å². The van der Waals surface area contributed by atoms with Crippen molar-refractivity contribution in [3.63, 3.8) is 0 Å². The molecule has 1 aliphatic rings. The molecule has 1 aliphatic carbocycles. The van der Waals surface area contributed by atoms with E-state index in [4.69, 9.17) is 11.6 Å². The number of carbonyl (C=O) groups is 1. The fourth-order valence-electron chi connectivity index (χ4n) is 3.63. The fraction of sp³-hybridized carbons (Fsp3) is 0.160. The Balaban J connectivity index is 1.42. The summed E-state index contributed by atoms with van der Waals surface area (Å²) in [6.45, 7) is 0. The Labute approximate surface area is 170 Å². The summed E-state index contributed by atoms with van der Waals surface area (Å²) in [5.41, 5.74) is 6.93. The van der Waals surface area contributed by atoms with E-state index in [0.717, 1.165) is 29.7 Å². The van der Waals surface area contributed by atoms with E-state index in [9.17, 15) is 4.79 Å². The van der Waals surface area contributed by atoms with Crippen molar-refractivity contribution in [3.8, 4) is 11.1 Å². The molecule has 0 atom stereocenters. The Hall–Kier alpha value is -2.84. The SMILES string of the molecule is O=C(CCc1ccccc1Cl)Nc1ccc(-c2cccc3c2C=CCC3)cc1. The van der Waals surface area contributed by atoms with E-state index in [0.29, 0.717) is 17.9 Å². The van der Waals surface area contributed by atoms with E-state index in [1.54, 1.807) is 0 Å². The Morgan fingerprint density at radius 3 is 2.61 bits per heavy atom. The van der Waals surface area contributed by atoms with Crippen molar-refractivity contribution in [1.29, 1.82) is 0 Å². The molecule has 0 radical (unpaired) electrons. The van der Waals surface area contributed by atoms with Crippen LogP contribution in [0.15, 0.2) is 72.8 Å². The van der Waals surface area contributed by atoms with Gasteiger partial charge in [-0.1, -0.05) is 72.3 Å². The Kier molecular flexibility index (Phi) is 5.59. The predicted octanol–water partition coefficient (Wildman–Crippen LogP) is 6.54. The molecule has 0 fully saturated rings. The Morgan fingerprint density at radius 2 is 1.79 bits per heavy atom. The highest BCUT2D eigenvalue weighted by Gasteiger charge is 2.11. The van der Waals surface area contributed by atoms with Gasteiger partial charge in [0.1, 0.15) is 0 Å². The van der Waals surface area contributed by atoms with Gasteiger partial charge in [-0.15, -0.1) is 0 Å². The summed E-state index contributed by atoms with van der Waals surface area (Å²) >= 11 is 6.16. The molecule has 0 spiro atoms. The fourth-order valence-corrected chi connectivity index (χ4v) is 3.86. The maximum Gasteiger partial charge on any atom is 0.224 e. The highest BCUT2D eigenvalue weighted by Crippen LogP contribution is 2.31. The number of benzene rings is 3. The largest absolute Gasteiger partial charge is 0.326 e. The van der Waals surface area contributed by atoms with Crippen LogP contribution in [-0.2, 0) is 17.6 Å². The van der Waals surface area contributed by atoms with E-state index in [-0.39, 0.29) is 5.91 Å². The Morgan fingerprint density at radius 1 is 0.964 bits per heavy atom. The lowest BCUT2D eigenvalue weighted by Crippen LogP contribution is -2.12. The number of allylic oxidation sites excluding steroid dienone is 1. The Bertz CT molecular complexity index is 1020. The third-order valence-electron chi connectivity index (χ3n) is 5.12. The third-order valence-corrected chi connectivity index (χ3v) is 5.49. The van der Waals surface area contributed by atoms with Crippen LogP contribution in [0.3, 0.4) is 0 Å². The summed E-state index contributed by atoms with van der Waals surface area (Å²) in [5.74, 6) is -0.00677. The monoisotopic (exact) mass is 387 g/mol. The van der Waals surface area contributed by atoms with Gasteiger partial charge in [-0.2, -0.15) is 0 Å². The van der Waals surface area contributed by atoms with Gasteiger partial charge in [-0.25, -0.2) is 0 Å². The molecule has 3 aromatic carbocycles. The van der Waals surface area contributed by atoms with Gasteiger partial charge in [-0.3, -0.25) is 4.79 Å². The molecular formula is C25H22ClNO. The van der Waals surface area contributed by atoms with Gasteiger partial charge in [0.25, 0.3) is 0 Å². The van der Waals surface area contributed by atoms with Gasteiger partial charge in [0.15, 0.2) is 0 Å². The van der Waals surface area contributed by atoms with Gasteiger partial charge in [-0.05, 0) is 65.3 Å². The predicted molar refractivity (Wildman–Crippen MR) is 118 cm³/mol. The second-order valence-electron chi connectivity index (χ2n) is 7.04. The van der Waals surface area contributed by atoms with Crippen LogP contribution in [0.4, 0.5) is 5.69 Å². The van der Waals surface area contributed by atoms with Crippen molar-refractivity contribution in [1.82, 2.24) is 0 Å². The number of nitrogens with one attached hydrogen (secondary N) is 1. The lowest BCUT2D eigenvalue weighted by molar-refractivity contribution is -0.116. The molecule has 3 heteroatoms. The highest BCUT2D eigenvalue weighted by molar-refractivity contribution is 6.31. The van der Waals surface area contributed by atoms with Crippen molar-refractivity contribution in [2.24, 2.45) is 0 Å². The maximum atomic E-state index is 12.3. The minimum atomic E-state index is -0.00677. The first-order valence-corrected chi connectivity index (χ1v) is 10.0. The van der Waals surface area contributed by atoms with Crippen LogP contribution in [0.1, 0.15) is 29.5 Å². The molecule has 0 saturated carbocycles. The molecule has 28 heavy (non-hydrogen) atoms. The molecule has 0 bridgehead atoms. The lowest BCUT2D eigenvalue weighted by Gasteiger charge is -2.15. The number of halogens is 1. The van der Waals surface area contributed by atoms with Gasteiger partial charge in [0.2, 0.25) is 5.91 Å². The topological polar surface area (TPSA) is 29.1 Å². The van der Waals surface area contributed by atoms with Crippen LogP contribution in [-0.4, -0.2) is 5.91 Å². The molecule has 0 aliphatic heterocycles. The van der Waals surface area contributed by atoms with Gasteiger partial charge >= 0.3 is 0 Å². The molecule has 2 nitrogen and oxygen atoms in total. The molecule has 1 N–H and O–H groups in total. The van der Waals surface area contributed by atoms with Crippen LogP contribution in [0, 0.1) is 0 Å². The maximum absolute atomic E-state index is 12.3. The van der Waals surface area contributed by atoms with Crippen LogP contribution in [0.25, 0.3) is 17.2 Å². The number of hydrogen-bond acceptors (Lipinski definition) is 1. The minimum Gasteiger partial charge on any atom is -0.326 e. The van der Waals surface area contributed by atoms with Gasteiger partial charge < -0.3 is 5.32 Å². The number of fused-ring (bicyclic) bond motifs is 1. The van der Waals surface area contributed by atoms with Crippen LogP contribution < -0.4 is 5.32 Å². The summed E-state index contributed by atoms with van der Waals surface area (Å²) in [4.78, 5) is 12.3. The van der Waals surface area contributed by atoms with Crippen molar-refractivity contribution >= 4 is 29.3 Å². The van der Waals surface area contributed by atoms with Crippen molar-refractivity contribution in [2.45, 2.75) is 25.7 Å². The molecule has 3 aromatic rings. The average molecular weight is 388 g/mol. The zero-order valence-corrected chi connectivity index (χ0v) is 16.4. The highest BCUT2D eigenvalue weighted by atomic mass is 35.5. The molecule has 0 heterocycles. The zero-order valence-electron chi connectivity index (χ0n) is 15.6. The van der Waals surface area contributed by atoms with Crippen LogP contribution >= 0.6 is 11.6 Å². The third kappa shape index (κ3) is 4.18. The minimum absolute atomic E-state index is 0.00677. The smallest absolute Gasteiger partial charge is 0.224 e. The first-order valence-electron chi connectivity index (χ1n) is 9.63. The molecule has 0 unspecified atom stereocenters. The van der Waals surface area contributed by atoms with Crippen molar-refractivity contribution in [2.75, 3.05) is 5.32 Å². The molecule has 0 saturated heterocycles. The van der Waals surface area contributed by atoms with Gasteiger partial charge in [0, 0.05) is 17.1 Å². The standard InChI is InChI=1S/C25H22ClNO/c26-24-11-4-2-7-20(24)14-17-25(28)27-21-15-12-19(13-16-21)23-10-5-8-18-6-1-3-9-22(18)23/h2-5,7-13,15-16H,1,6,14,17H2,(H,27,28). The molecule has 140 valence electrons. The second-order valence-corrected chi connectivity index (χ2v) is 7.44. The number of amides is 1. The van der Waals surface area contributed by atoms with Crippen molar-refractivity contribution < 1.29 is 4.79 Å². The molecular weight excluding hydrogens is 366 g/mol. The average Bonchev–Trinajstić information content (AvgIpc) is 2.73. The number of rotatable bonds is 5. The summed E-state index contributed by atoms with van der Waals surface area (Å²) in [7, 11) is 0. The molecule has 4 rings (SSSR count). The van der Waals surface area contributed by atoms with E-state index in [1.807, 2.05) is 36.4 Å². The normalized spacial score (nSPS) is 12.5. The summed E-state index contributed by atoms with van der Waals surface area (Å²) in [5, 5.41) is 3.68. The van der Waals surface area contributed by atoms with E-state index < -0.39 is 0 Å². The zero-order chi connectivity index (χ0) is 19.3. The lowest BCUT2D eigenvalue weighted by atomic mass is 9.90. The second kappa shape index (κ2) is 8.45. The van der Waals surface area contributed by atoms with E-state index in [1.165, 1.54) is 16.7 Å². The van der Waals surface area contributed by atoms with Crippen LogP contribution in [0.5, 0.6) is 0 Å². The number of aryl methyl sites for hydroxylation is 2.